The van der Waals surface area contributed by atoms with Gasteiger partial charge in [0.05, 0.1) is 6.10 Å². The summed E-state index contributed by atoms with van der Waals surface area (Å²) in [7, 11) is 0. The van der Waals surface area contributed by atoms with Crippen molar-refractivity contribution in [1.82, 2.24) is 4.90 Å². The molecule has 0 spiro atoms. The van der Waals surface area contributed by atoms with Crippen molar-refractivity contribution < 1.29 is 14.6 Å². The number of aliphatic hydroxyl groups is 1. The summed E-state index contributed by atoms with van der Waals surface area (Å²) in [5, 5.41) is 9.58. The van der Waals surface area contributed by atoms with Gasteiger partial charge >= 0.3 is 6.09 Å². The number of hydrogen-bond donors (Lipinski definition) is 1. The Labute approximate surface area is 90.2 Å². The van der Waals surface area contributed by atoms with E-state index in [0.717, 1.165) is 6.42 Å². The second-order valence-electron chi connectivity index (χ2n) is 5.63. The molecule has 0 aromatic heterocycles. The fourth-order valence-corrected chi connectivity index (χ4v) is 2.34. The minimum Gasteiger partial charge on any atom is -0.444 e. The molecule has 2 saturated heterocycles. The van der Waals surface area contributed by atoms with E-state index in [2.05, 4.69) is 0 Å². The van der Waals surface area contributed by atoms with E-state index in [0.29, 0.717) is 13.1 Å². The van der Waals surface area contributed by atoms with Gasteiger partial charge in [0.2, 0.25) is 0 Å². The smallest absolute Gasteiger partial charge is 0.410 e. The molecule has 2 bridgehead atoms. The Morgan fingerprint density at radius 2 is 1.87 bits per heavy atom. The Morgan fingerprint density at radius 1 is 1.33 bits per heavy atom. The van der Waals surface area contributed by atoms with Crippen LogP contribution in [0.25, 0.3) is 0 Å². The third kappa shape index (κ3) is 2.09. The highest BCUT2D eigenvalue weighted by atomic mass is 16.6. The van der Waals surface area contributed by atoms with Gasteiger partial charge in [-0.15, -0.1) is 0 Å². The molecule has 3 fully saturated rings. The average molecular weight is 213 g/mol. The van der Waals surface area contributed by atoms with Crippen LogP contribution in [0.1, 0.15) is 27.2 Å². The lowest BCUT2D eigenvalue weighted by atomic mass is 9.68. The number of fused-ring (bicyclic) bond motifs is 2. The monoisotopic (exact) mass is 213 g/mol. The third-order valence-corrected chi connectivity index (χ3v) is 3.13. The third-order valence-electron chi connectivity index (χ3n) is 3.13. The summed E-state index contributed by atoms with van der Waals surface area (Å²) >= 11 is 0. The van der Waals surface area contributed by atoms with E-state index in [9.17, 15) is 9.90 Å². The summed E-state index contributed by atoms with van der Waals surface area (Å²) in [5.74, 6) is 0.549. The van der Waals surface area contributed by atoms with Crippen LogP contribution in [0.15, 0.2) is 0 Å². The Morgan fingerprint density at radius 3 is 2.27 bits per heavy atom. The Kier molecular flexibility index (Phi) is 2.41. The lowest BCUT2D eigenvalue weighted by Crippen LogP contribution is -2.60. The van der Waals surface area contributed by atoms with Crippen LogP contribution in [0.5, 0.6) is 0 Å². The summed E-state index contributed by atoms with van der Waals surface area (Å²) in [6.07, 6.45) is 0.619. The van der Waals surface area contributed by atoms with Gasteiger partial charge in [-0.25, -0.2) is 4.79 Å². The fraction of sp³-hybridized carbons (Fsp3) is 0.909. The van der Waals surface area contributed by atoms with Gasteiger partial charge in [-0.1, -0.05) is 0 Å². The predicted octanol–water partition coefficient (Wildman–Crippen LogP) is 1.23. The minimum absolute atomic E-state index is 0.191. The molecule has 1 N–H and O–H groups in total. The van der Waals surface area contributed by atoms with E-state index in [1.807, 2.05) is 20.8 Å². The molecule has 1 amide bonds. The number of carbonyl (C=O) groups excluding carboxylic acids is 1. The lowest BCUT2D eigenvalue weighted by Gasteiger charge is -2.50. The molecule has 0 radical (unpaired) electrons. The molecule has 15 heavy (non-hydrogen) atoms. The van der Waals surface area contributed by atoms with Crippen LogP contribution in [0.4, 0.5) is 4.79 Å². The van der Waals surface area contributed by atoms with E-state index in [4.69, 9.17) is 4.74 Å². The van der Waals surface area contributed by atoms with Crippen LogP contribution >= 0.6 is 0 Å². The summed E-state index contributed by atoms with van der Waals surface area (Å²) in [6, 6.07) is 0. The second kappa shape index (κ2) is 3.37. The summed E-state index contributed by atoms with van der Waals surface area (Å²) < 4.78 is 5.29. The normalized spacial score (nSPS) is 34.7. The zero-order chi connectivity index (χ0) is 11.2. The Balaban J connectivity index is 1.88. The van der Waals surface area contributed by atoms with Crippen molar-refractivity contribution in [3.63, 3.8) is 0 Å². The fourth-order valence-electron chi connectivity index (χ4n) is 2.34. The van der Waals surface area contributed by atoms with Crippen molar-refractivity contribution in [3.8, 4) is 0 Å². The molecule has 3 aliphatic rings. The van der Waals surface area contributed by atoms with Crippen LogP contribution in [0.2, 0.25) is 0 Å². The first-order valence-corrected chi connectivity index (χ1v) is 5.53. The van der Waals surface area contributed by atoms with E-state index in [1.165, 1.54) is 0 Å². The Bertz CT molecular complexity index is 259. The number of carbonyl (C=O) groups is 1. The summed E-state index contributed by atoms with van der Waals surface area (Å²) in [5.41, 5.74) is -0.433. The Hall–Kier alpha value is -0.770. The number of nitrogens with zero attached hydrogens (tertiary/aromatic N) is 1. The first kappa shape index (κ1) is 10.7. The van der Waals surface area contributed by atoms with Crippen molar-refractivity contribution in [1.29, 1.82) is 0 Å². The molecule has 0 aromatic carbocycles. The summed E-state index contributed by atoms with van der Waals surface area (Å²) in [6.45, 7) is 6.89. The highest BCUT2D eigenvalue weighted by Gasteiger charge is 2.47. The molecule has 4 nitrogen and oxygen atoms in total. The molecule has 4 heteroatoms. The van der Waals surface area contributed by atoms with Gasteiger partial charge < -0.3 is 14.7 Å². The zero-order valence-corrected chi connectivity index (χ0v) is 9.56. The zero-order valence-electron chi connectivity index (χ0n) is 9.56. The van der Waals surface area contributed by atoms with Gasteiger partial charge in [-0.3, -0.25) is 0 Å². The quantitative estimate of drug-likeness (QED) is 0.658. The highest BCUT2D eigenvalue weighted by molar-refractivity contribution is 5.68. The molecule has 2 atom stereocenters. The van der Waals surface area contributed by atoms with E-state index >= 15 is 0 Å². The second-order valence-corrected chi connectivity index (χ2v) is 5.63. The van der Waals surface area contributed by atoms with Gasteiger partial charge in [0.25, 0.3) is 0 Å². The van der Waals surface area contributed by atoms with Gasteiger partial charge in [0.15, 0.2) is 0 Å². The van der Waals surface area contributed by atoms with Crippen molar-refractivity contribution >= 4 is 6.09 Å². The number of ether oxygens (including phenoxy) is 1. The first-order valence-electron chi connectivity index (χ1n) is 5.53. The van der Waals surface area contributed by atoms with Crippen molar-refractivity contribution in [2.45, 2.75) is 38.9 Å². The van der Waals surface area contributed by atoms with Gasteiger partial charge in [0.1, 0.15) is 5.60 Å². The van der Waals surface area contributed by atoms with Gasteiger partial charge in [-0.2, -0.15) is 0 Å². The molecular weight excluding hydrogens is 194 g/mol. The standard InChI is InChI=1S/C11H19NO3/c1-11(2,3)15-10(14)12-5-7-4-8(6-12)9(7)13/h7-9,13H,4-6H2,1-3H3/t7-,8-/m1/s1. The molecule has 1 aliphatic carbocycles. The molecule has 1 saturated carbocycles. The highest BCUT2D eigenvalue weighted by Crippen LogP contribution is 2.40. The molecule has 0 aromatic rings. The van der Waals surface area contributed by atoms with Crippen molar-refractivity contribution in [2.75, 3.05) is 13.1 Å². The lowest BCUT2D eigenvalue weighted by molar-refractivity contribution is -0.106. The van der Waals surface area contributed by atoms with Gasteiger partial charge in [0, 0.05) is 24.9 Å². The SMILES string of the molecule is CC(C)(C)OC(=O)N1C[C@H]2C[C@H](C1)C2O. The number of piperidine rings is 2. The van der Waals surface area contributed by atoms with Crippen LogP contribution in [-0.2, 0) is 4.74 Å². The number of rotatable bonds is 0. The van der Waals surface area contributed by atoms with Crippen LogP contribution in [0, 0.1) is 11.8 Å². The van der Waals surface area contributed by atoms with Crippen molar-refractivity contribution in [3.05, 3.63) is 0 Å². The van der Waals surface area contributed by atoms with E-state index in [1.54, 1.807) is 4.90 Å². The number of aliphatic hydroxyl groups excluding tert-OH is 1. The molecule has 3 rings (SSSR count). The molecule has 0 unspecified atom stereocenters. The first-order chi connectivity index (χ1) is 6.87. The van der Waals surface area contributed by atoms with Crippen LogP contribution in [0.3, 0.4) is 0 Å². The minimum atomic E-state index is -0.433. The van der Waals surface area contributed by atoms with E-state index in [-0.39, 0.29) is 24.0 Å². The topological polar surface area (TPSA) is 49.8 Å². The van der Waals surface area contributed by atoms with E-state index < -0.39 is 5.60 Å². The summed E-state index contributed by atoms with van der Waals surface area (Å²) in [4.78, 5) is 13.4. The average Bonchev–Trinajstić information content (AvgIpc) is 2.14. The number of amides is 1. The molecule has 86 valence electrons. The van der Waals surface area contributed by atoms with Crippen LogP contribution < -0.4 is 0 Å². The largest absolute Gasteiger partial charge is 0.444 e. The van der Waals surface area contributed by atoms with Gasteiger partial charge in [-0.05, 0) is 27.2 Å². The maximum Gasteiger partial charge on any atom is 0.410 e. The van der Waals surface area contributed by atoms with Crippen LogP contribution in [-0.4, -0.2) is 40.9 Å². The maximum atomic E-state index is 11.7. The molecular formula is C11H19NO3. The molecule has 2 heterocycles. The predicted molar refractivity (Wildman–Crippen MR) is 55.4 cm³/mol. The maximum absolute atomic E-state index is 11.7. The van der Waals surface area contributed by atoms with Crippen molar-refractivity contribution in [2.24, 2.45) is 11.8 Å². The number of hydrogen-bond acceptors (Lipinski definition) is 3. The molecule has 2 aliphatic heterocycles.